The smallest absolute Gasteiger partial charge is 0.331 e. The first-order valence-electron chi connectivity index (χ1n) is 7.70. The van der Waals surface area contributed by atoms with Crippen LogP contribution in [0.1, 0.15) is 15.2 Å². The second-order valence-electron chi connectivity index (χ2n) is 5.22. The Bertz CT molecular complexity index is 975. The number of hydrogen-bond acceptors (Lipinski definition) is 6. The number of aromatic nitrogens is 1. The van der Waals surface area contributed by atoms with Gasteiger partial charge in [-0.3, -0.25) is 19.9 Å². The van der Waals surface area contributed by atoms with Crippen molar-refractivity contribution in [3.05, 3.63) is 70.6 Å². The van der Waals surface area contributed by atoms with Gasteiger partial charge < -0.3 is 4.74 Å². The number of benzene rings is 1. The monoisotopic (exact) mass is 366 g/mol. The van der Waals surface area contributed by atoms with E-state index in [9.17, 15) is 14.4 Å². The Kier molecular flexibility index (Phi) is 5.50. The van der Waals surface area contributed by atoms with E-state index in [-0.39, 0.29) is 0 Å². The van der Waals surface area contributed by atoms with E-state index in [0.29, 0.717) is 4.88 Å². The van der Waals surface area contributed by atoms with Crippen molar-refractivity contribution in [3.8, 4) is 0 Å². The zero-order chi connectivity index (χ0) is 18.4. The van der Waals surface area contributed by atoms with Crippen LogP contribution in [0.15, 0.2) is 60.1 Å². The Hall–Kier alpha value is -3.32. The number of amides is 2. The third-order valence-electron chi connectivity index (χ3n) is 3.41. The number of nitrogens with zero attached hydrogens (tertiary/aromatic N) is 1. The van der Waals surface area contributed by atoms with Crippen LogP contribution in [-0.2, 0) is 14.3 Å². The van der Waals surface area contributed by atoms with E-state index in [1.54, 1.807) is 29.8 Å². The van der Waals surface area contributed by atoms with Gasteiger partial charge in [-0.15, -0.1) is 11.3 Å². The fourth-order valence-corrected chi connectivity index (χ4v) is 2.86. The van der Waals surface area contributed by atoms with Crippen LogP contribution in [0.25, 0.3) is 17.0 Å². The first kappa shape index (κ1) is 17.5. The fourth-order valence-electron chi connectivity index (χ4n) is 2.24. The first-order chi connectivity index (χ1) is 12.6. The lowest BCUT2D eigenvalue weighted by molar-refractivity contribution is -0.143. The van der Waals surface area contributed by atoms with Crippen LogP contribution < -0.4 is 5.32 Å². The van der Waals surface area contributed by atoms with Gasteiger partial charge in [-0.1, -0.05) is 30.3 Å². The molecule has 0 bridgehead atoms. The Labute approximate surface area is 153 Å². The van der Waals surface area contributed by atoms with Gasteiger partial charge in [0.1, 0.15) is 0 Å². The minimum atomic E-state index is -0.684. The van der Waals surface area contributed by atoms with Crippen molar-refractivity contribution in [3.63, 3.8) is 0 Å². The molecule has 26 heavy (non-hydrogen) atoms. The quantitative estimate of drug-likeness (QED) is 0.554. The SMILES string of the molecule is O=C(COC(=O)/C=C/c1cccc2cccnc12)NC(=O)c1cccs1. The van der Waals surface area contributed by atoms with Crippen molar-refractivity contribution < 1.29 is 19.1 Å². The number of hydrogen-bond donors (Lipinski definition) is 1. The number of ether oxygens (including phenoxy) is 1. The number of carbonyl (C=O) groups is 3. The number of nitrogens with one attached hydrogen (secondary N) is 1. The summed E-state index contributed by atoms with van der Waals surface area (Å²) >= 11 is 1.21. The molecule has 0 saturated heterocycles. The van der Waals surface area contributed by atoms with Crippen LogP contribution >= 0.6 is 11.3 Å². The lowest BCUT2D eigenvalue weighted by Crippen LogP contribution is -2.33. The second kappa shape index (κ2) is 8.17. The molecule has 3 rings (SSSR count). The number of pyridine rings is 1. The highest BCUT2D eigenvalue weighted by Crippen LogP contribution is 2.17. The Morgan fingerprint density at radius 2 is 1.96 bits per heavy atom. The van der Waals surface area contributed by atoms with Crippen LogP contribution in [0.4, 0.5) is 0 Å². The van der Waals surface area contributed by atoms with Crippen molar-refractivity contribution in [2.45, 2.75) is 0 Å². The molecule has 130 valence electrons. The largest absolute Gasteiger partial charge is 0.452 e. The molecular weight excluding hydrogens is 352 g/mol. The number of para-hydroxylation sites is 1. The minimum absolute atomic E-state index is 0.410. The predicted molar refractivity (Wildman–Crippen MR) is 98.5 cm³/mol. The van der Waals surface area contributed by atoms with E-state index in [1.165, 1.54) is 17.4 Å². The van der Waals surface area contributed by atoms with Gasteiger partial charge in [0.15, 0.2) is 6.61 Å². The summed E-state index contributed by atoms with van der Waals surface area (Å²) in [7, 11) is 0. The van der Waals surface area contributed by atoms with Gasteiger partial charge in [-0.05, 0) is 23.6 Å². The summed E-state index contributed by atoms with van der Waals surface area (Å²) in [5.41, 5.74) is 1.52. The standard InChI is InChI=1S/C19H14N2O4S/c22-16(21-19(24)15-7-3-11-26-15)12-25-17(23)9-8-14-5-1-4-13-6-2-10-20-18(13)14/h1-11H,12H2,(H,21,22,24)/b9-8+. The van der Waals surface area contributed by atoms with E-state index < -0.39 is 24.4 Å². The highest BCUT2D eigenvalue weighted by atomic mass is 32.1. The third kappa shape index (κ3) is 4.40. The zero-order valence-corrected chi connectivity index (χ0v) is 14.4. The second-order valence-corrected chi connectivity index (χ2v) is 6.17. The van der Waals surface area contributed by atoms with E-state index in [4.69, 9.17) is 4.74 Å². The molecule has 2 aromatic heterocycles. The summed E-state index contributed by atoms with van der Waals surface area (Å²) in [6.45, 7) is -0.534. The lowest BCUT2D eigenvalue weighted by atomic mass is 10.1. The molecule has 2 heterocycles. The van der Waals surface area contributed by atoms with E-state index in [1.807, 2.05) is 30.3 Å². The molecule has 6 nitrogen and oxygen atoms in total. The van der Waals surface area contributed by atoms with Crippen LogP contribution in [0, 0.1) is 0 Å². The molecule has 0 fully saturated rings. The van der Waals surface area contributed by atoms with Crippen molar-refractivity contribution in [1.29, 1.82) is 0 Å². The van der Waals surface area contributed by atoms with E-state index >= 15 is 0 Å². The molecule has 0 aliphatic heterocycles. The molecule has 0 saturated carbocycles. The fraction of sp³-hybridized carbons (Fsp3) is 0.0526. The summed E-state index contributed by atoms with van der Waals surface area (Å²) in [6, 6.07) is 12.7. The van der Waals surface area contributed by atoms with Gasteiger partial charge in [-0.25, -0.2) is 4.79 Å². The van der Waals surface area contributed by atoms with Gasteiger partial charge in [0.05, 0.1) is 10.4 Å². The summed E-state index contributed by atoms with van der Waals surface area (Å²) in [5, 5.41) is 4.84. The normalized spacial score (nSPS) is 10.8. The Balaban J connectivity index is 1.54. The highest BCUT2D eigenvalue weighted by molar-refractivity contribution is 7.12. The summed E-state index contributed by atoms with van der Waals surface area (Å²) in [4.78, 5) is 39.9. The number of fused-ring (bicyclic) bond motifs is 1. The van der Waals surface area contributed by atoms with Crippen LogP contribution in [0.2, 0.25) is 0 Å². The molecule has 2 amide bonds. The van der Waals surface area contributed by atoms with Crippen molar-refractivity contribution in [2.24, 2.45) is 0 Å². The minimum Gasteiger partial charge on any atom is -0.452 e. The topological polar surface area (TPSA) is 85.4 Å². The van der Waals surface area contributed by atoms with E-state index in [2.05, 4.69) is 10.3 Å². The number of carbonyl (C=O) groups excluding carboxylic acids is 3. The molecule has 0 unspecified atom stereocenters. The molecule has 0 atom stereocenters. The zero-order valence-electron chi connectivity index (χ0n) is 13.5. The van der Waals surface area contributed by atoms with Gasteiger partial charge in [0.2, 0.25) is 0 Å². The molecule has 1 aromatic carbocycles. The summed E-state index contributed by atoms with van der Waals surface area (Å²) in [6.07, 6.45) is 4.47. The van der Waals surface area contributed by atoms with Crippen LogP contribution in [0.5, 0.6) is 0 Å². The van der Waals surface area contributed by atoms with Crippen LogP contribution in [-0.4, -0.2) is 29.4 Å². The Morgan fingerprint density at radius 3 is 2.77 bits per heavy atom. The molecule has 0 aliphatic rings. The first-order valence-corrected chi connectivity index (χ1v) is 8.58. The van der Waals surface area contributed by atoms with Gasteiger partial charge in [0, 0.05) is 23.2 Å². The molecule has 0 aliphatic carbocycles. The van der Waals surface area contributed by atoms with E-state index in [0.717, 1.165) is 16.5 Å². The maximum Gasteiger partial charge on any atom is 0.331 e. The number of imide groups is 1. The maximum absolute atomic E-state index is 11.8. The molecule has 1 N–H and O–H groups in total. The number of thiophene rings is 1. The average molecular weight is 366 g/mol. The number of rotatable bonds is 5. The highest BCUT2D eigenvalue weighted by Gasteiger charge is 2.12. The summed E-state index contributed by atoms with van der Waals surface area (Å²) in [5.74, 6) is -1.88. The average Bonchev–Trinajstić information content (AvgIpc) is 3.19. The van der Waals surface area contributed by atoms with Crippen LogP contribution in [0.3, 0.4) is 0 Å². The third-order valence-corrected chi connectivity index (χ3v) is 4.27. The van der Waals surface area contributed by atoms with Gasteiger partial charge in [-0.2, -0.15) is 0 Å². The number of esters is 1. The molecule has 0 radical (unpaired) electrons. The molecule has 0 spiro atoms. The predicted octanol–water partition coefficient (Wildman–Crippen LogP) is 2.81. The van der Waals surface area contributed by atoms with Crippen molar-refractivity contribution in [2.75, 3.05) is 6.61 Å². The van der Waals surface area contributed by atoms with Crippen molar-refractivity contribution >= 4 is 46.1 Å². The lowest BCUT2D eigenvalue weighted by Gasteiger charge is -2.03. The molecular formula is C19H14N2O4S. The van der Waals surface area contributed by atoms with Gasteiger partial charge in [0.25, 0.3) is 11.8 Å². The summed E-state index contributed by atoms with van der Waals surface area (Å²) < 4.78 is 4.85. The Morgan fingerprint density at radius 1 is 1.12 bits per heavy atom. The van der Waals surface area contributed by atoms with Crippen molar-refractivity contribution in [1.82, 2.24) is 10.3 Å². The molecule has 7 heteroatoms. The molecule has 3 aromatic rings. The maximum atomic E-state index is 11.8. The van der Waals surface area contributed by atoms with Gasteiger partial charge >= 0.3 is 5.97 Å².